The van der Waals surface area contributed by atoms with Crippen LogP contribution in [0, 0.1) is 0 Å². The fourth-order valence-electron chi connectivity index (χ4n) is 0.591. The van der Waals surface area contributed by atoms with Crippen molar-refractivity contribution in [2.75, 3.05) is 0 Å². The molecule has 0 fully saturated rings. The SMILES string of the molecule is C=CC(C)(C)N/C(N=C)=C(/C)F. The summed E-state index contributed by atoms with van der Waals surface area (Å²) in [7, 11) is 0. The summed E-state index contributed by atoms with van der Waals surface area (Å²) >= 11 is 0. The molecule has 0 saturated carbocycles. The lowest BCUT2D eigenvalue weighted by atomic mass is 10.1. The Kier molecular flexibility index (Phi) is 3.67. The van der Waals surface area contributed by atoms with Gasteiger partial charge in [-0.15, -0.1) is 6.58 Å². The van der Waals surface area contributed by atoms with Gasteiger partial charge >= 0.3 is 0 Å². The first kappa shape index (κ1) is 10.9. The topological polar surface area (TPSA) is 24.4 Å². The molecule has 0 aliphatic rings. The highest BCUT2D eigenvalue weighted by atomic mass is 19.1. The minimum Gasteiger partial charge on any atom is -0.360 e. The first-order valence-electron chi connectivity index (χ1n) is 3.68. The maximum atomic E-state index is 12.7. The van der Waals surface area contributed by atoms with Crippen molar-refractivity contribution in [3.05, 3.63) is 24.3 Å². The van der Waals surface area contributed by atoms with Gasteiger partial charge in [0.1, 0.15) is 5.83 Å². The van der Waals surface area contributed by atoms with Gasteiger partial charge in [-0.05, 0) is 27.5 Å². The zero-order valence-corrected chi connectivity index (χ0v) is 7.82. The van der Waals surface area contributed by atoms with Crippen molar-refractivity contribution in [2.45, 2.75) is 26.3 Å². The van der Waals surface area contributed by atoms with Crippen molar-refractivity contribution in [3.63, 3.8) is 0 Å². The second-order valence-corrected chi connectivity index (χ2v) is 3.09. The van der Waals surface area contributed by atoms with E-state index in [-0.39, 0.29) is 17.2 Å². The van der Waals surface area contributed by atoms with E-state index in [1.165, 1.54) is 6.92 Å². The molecule has 2 nitrogen and oxygen atoms in total. The minimum atomic E-state index is -0.375. The smallest absolute Gasteiger partial charge is 0.157 e. The van der Waals surface area contributed by atoms with Crippen molar-refractivity contribution in [2.24, 2.45) is 4.99 Å². The monoisotopic (exact) mass is 170 g/mol. The van der Waals surface area contributed by atoms with Gasteiger partial charge in [0.05, 0.1) is 5.54 Å². The minimum absolute atomic E-state index is 0.167. The average Bonchev–Trinajstić information content (AvgIpc) is 2.00. The molecule has 0 atom stereocenters. The molecule has 1 N–H and O–H groups in total. The first-order chi connectivity index (χ1) is 5.43. The molecule has 0 aliphatic carbocycles. The van der Waals surface area contributed by atoms with Crippen LogP contribution in [0.5, 0.6) is 0 Å². The summed E-state index contributed by atoms with van der Waals surface area (Å²) in [4.78, 5) is 3.52. The maximum Gasteiger partial charge on any atom is 0.157 e. The van der Waals surface area contributed by atoms with Gasteiger partial charge in [0, 0.05) is 0 Å². The lowest BCUT2D eigenvalue weighted by Gasteiger charge is -2.23. The summed E-state index contributed by atoms with van der Waals surface area (Å²) in [6, 6.07) is 0. The van der Waals surface area contributed by atoms with Crippen LogP contribution < -0.4 is 5.32 Å². The molecule has 0 saturated heterocycles. The summed E-state index contributed by atoms with van der Waals surface area (Å²) in [6.45, 7) is 11.9. The maximum absolute atomic E-state index is 12.7. The van der Waals surface area contributed by atoms with Crippen molar-refractivity contribution < 1.29 is 4.39 Å². The largest absolute Gasteiger partial charge is 0.360 e. The number of nitrogens with zero attached hydrogens (tertiary/aromatic N) is 1. The zero-order chi connectivity index (χ0) is 9.78. The van der Waals surface area contributed by atoms with Gasteiger partial charge in [-0.3, -0.25) is 0 Å². The third-order valence-corrected chi connectivity index (χ3v) is 1.44. The van der Waals surface area contributed by atoms with Crippen LogP contribution in [0.1, 0.15) is 20.8 Å². The first-order valence-corrected chi connectivity index (χ1v) is 3.68. The lowest BCUT2D eigenvalue weighted by molar-refractivity contribution is 0.503. The van der Waals surface area contributed by atoms with Crippen LogP contribution in [0.3, 0.4) is 0 Å². The van der Waals surface area contributed by atoms with Gasteiger partial charge in [-0.1, -0.05) is 6.08 Å². The third kappa shape index (κ3) is 3.32. The van der Waals surface area contributed by atoms with Gasteiger partial charge in [0.15, 0.2) is 5.82 Å². The van der Waals surface area contributed by atoms with E-state index in [1.54, 1.807) is 6.08 Å². The molecule has 0 aromatic carbocycles. The molecular formula is C9H15FN2. The Hall–Kier alpha value is -1.12. The van der Waals surface area contributed by atoms with Crippen molar-refractivity contribution in [3.8, 4) is 0 Å². The molecule has 0 aromatic rings. The normalized spacial score (nSPS) is 13.3. The number of nitrogens with one attached hydrogen (secondary N) is 1. The summed E-state index contributed by atoms with van der Waals surface area (Å²) in [5.41, 5.74) is -0.371. The quantitative estimate of drug-likeness (QED) is 0.508. The Morgan fingerprint density at radius 3 is 2.33 bits per heavy atom. The number of rotatable bonds is 4. The zero-order valence-electron chi connectivity index (χ0n) is 7.82. The van der Waals surface area contributed by atoms with E-state index in [4.69, 9.17) is 0 Å². The number of hydrogen-bond acceptors (Lipinski definition) is 2. The molecule has 0 radical (unpaired) electrons. The fourth-order valence-corrected chi connectivity index (χ4v) is 0.591. The Labute approximate surface area is 72.9 Å². The lowest BCUT2D eigenvalue weighted by Crippen LogP contribution is -2.35. The van der Waals surface area contributed by atoms with Crippen molar-refractivity contribution >= 4 is 6.72 Å². The number of aliphatic imine (C=N–C) groups is 1. The molecule has 68 valence electrons. The van der Waals surface area contributed by atoms with Gasteiger partial charge in [-0.25, -0.2) is 9.38 Å². The van der Waals surface area contributed by atoms with Crippen LogP contribution in [0.4, 0.5) is 4.39 Å². The van der Waals surface area contributed by atoms with Crippen LogP contribution in [0.25, 0.3) is 0 Å². The molecule has 0 spiro atoms. The highest BCUT2D eigenvalue weighted by molar-refractivity contribution is 5.29. The van der Waals surface area contributed by atoms with E-state index < -0.39 is 0 Å². The molecule has 0 aliphatic heterocycles. The highest BCUT2D eigenvalue weighted by Gasteiger charge is 2.14. The third-order valence-electron chi connectivity index (χ3n) is 1.44. The highest BCUT2D eigenvalue weighted by Crippen LogP contribution is 2.10. The Balaban J connectivity index is 4.53. The Morgan fingerprint density at radius 1 is 1.58 bits per heavy atom. The van der Waals surface area contributed by atoms with E-state index in [9.17, 15) is 4.39 Å². The van der Waals surface area contributed by atoms with E-state index in [0.29, 0.717) is 0 Å². The summed E-state index contributed by atoms with van der Waals surface area (Å²) in [5, 5.41) is 2.85. The number of halogens is 1. The number of allylic oxidation sites excluding steroid dienone is 1. The van der Waals surface area contributed by atoms with E-state index in [2.05, 4.69) is 23.6 Å². The predicted molar refractivity (Wildman–Crippen MR) is 50.8 cm³/mol. The predicted octanol–water partition coefficient (Wildman–Crippen LogP) is 2.40. The summed E-state index contributed by atoms with van der Waals surface area (Å²) in [6.07, 6.45) is 1.68. The van der Waals surface area contributed by atoms with Crippen LogP contribution in [0.2, 0.25) is 0 Å². The van der Waals surface area contributed by atoms with Gasteiger partial charge in [-0.2, -0.15) is 0 Å². The standard InChI is InChI=1S/C9H15FN2/c1-6-9(3,4)12-8(11-5)7(2)10/h6,12H,1,5H2,2-4H3/b8-7-. The summed E-state index contributed by atoms with van der Waals surface area (Å²) < 4.78 is 12.7. The Bertz CT molecular complexity index is 213. The molecule has 0 bridgehead atoms. The van der Waals surface area contributed by atoms with Crippen molar-refractivity contribution in [1.82, 2.24) is 5.32 Å². The van der Waals surface area contributed by atoms with Crippen LogP contribution in [-0.2, 0) is 0 Å². The molecule has 0 unspecified atom stereocenters. The van der Waals surface area contributed by atoms with E-state index in [1.807, 2.05) is 13.8 Å². The van der Waals surface area contributed by atoms with Crippen LogP contribution >= 0.6 is 0 Å². The van der Waals surface area contributed by atoms with Gasteiger partial charge < -0.3 is 5.32 Å². The molecule has 12 heavy (non-hydrogen) atoms. The second kappa shape index (κ2) is 4.04. The second-order valence-electron chi connectivity index (χ2n) is 3.09. The summed E-state index contributed by atoms with van der Waals surface area (Å²) in [5.74, 6) is -0.208. The molecule has 3 heteroatoms. The fraction of sp³-hybridized carbons (Fsp3) is 0.444. The molecule has 0 rings (SSSR count). The Morgan fingerprint density at radius 2 is 2.08 bits per heavy atom. The molecule has 0 heterocycles. The molecule has 0 aromatic heterocycles. The van der Waals surface area contributed by atoms with Crippen LogP contribution in [0.15, 0.2) is 29.3 Å². The number of hydrogen-bond donors (Lipinski definition) is 1. The molecule has 0 amide bonds. The van der Waals surface area contributed by atoms with E-state index >= 15 is 0 Å². The average molecular weight is 170 g/mol. The van der Waals surface area contributed by atoms with Crippen LogP contribution in [-0.4, -0.2) is 12.3 Å². The van der Waals surface area contributed by atoms with Gasteiger partial charge in [0.2, 0.25) is 0 Å². The van der Waals surface area contributed by atoms with Gasteiger partial charge in [0.25, 0.3) is 0 Å². The molecular weight excluding hydrogens is 155 g/mol. The van der Waals surface area contributed by atoms with Crippen molar-refractivity contribution in [1.29, 1.82) is 0 Å². The van der Waals surface area contributed by atoms with E-state index in [0.717, 1.165) is 0 Å².